The van der Waals surface area contributed by atoms with E-state index in [1.54, 1.807) is 43.0 Å². The number of hydrogen-bond acceptors (Lipinski definition) is 6. The lowest BCUT2D eigenvalue weighted by Gasteiger charge is -2.40. The number of rotatable bonds is 7. The zero-order valence-electron chi connectivity index (χ0n) is 21.2. The van der Waals surface area contributed by atoms with Gasteiger partial charge in [-0.1, -0.05) is 18.2 Å². The second-order valence-electron chi connectivity index (χ2n) is 8.60. The first-order valence-corrected chi connectivity index (χ1v) is 12.7. The molecule has 3 aromatic carbocycles. The SMILES string of the molecule is COc1ccc(C)cc1NC(=O)[C@@H]1c2cc(OC)c(OC)cc2C(=O)N(C)[C@@H]1c1ccc(SC)cc1. The molecule has 2 amide bonds. The van der Waals surface area contributed by atoms with Gasteiger partial charge in [0.05, 0.1) is 39.0 Å². The molecule has 8 heteroatoms. The fourth-order valence-electron chi connectivity index (χ4n) is 4.68. The van der Waals surface area contributed by atoms with Gasteiger partial charge in [0.1, 0.15) is 5.75 Å². The molecule has 0 fully saturated rings. The van der Waals surface area contributed by atoms with Crippen molar-refractivity contribution in [2.75, 3.05) is 39.9 Å². The third kappa shape index (κ3) is 4.60. The largest absolute Gasteiger partial charge is 0.495 e. The van der Waals surface area contributed by atoms with Crippen LogP contribution in [0.2, 0.25) is 0 Å². The minimum atomic E-state index is -0.715. The van der Waals surface area contributed by atoms with E-state index in [0.29, 0.717) is 34.1 Å². The number of nitrogens with one attached hydrogen (secondary N) is 1. The summed E-state index contributed by atoms with van der Waals surface area (Å²) in [6, 6.07) is 16.4. The van der Waals surface area contributed by atoms with Gasteiger partial charge < -0.3 is 24.4 Å². The third-order valence-electron chi connectivity index (χ3n) is 6.53. The lowest BCUT2D eigenvalue weighted by Crippen LogP contribution is -2.44. The zero-order chi connectivity index (χ0) is 26.0. The van der Waals surface area contributed by atoms with Gasteiger partial charge in [-0.05, 0) is 66.3 Å². The first-order valence-electron chi connectivity index (χ1n) is 11.5. The van der Waals surface area contributed by atoms with Gasteiger partial charge in [-0.25, -0.2) is 0 Å². The van der Waals surface area contributed by atoms with E-state index >= 15 is 0 Å². The number of carbonyl (C=O) groups excluding carboxylic acids is 2. The van der Waals surface area contributed by atoms with Crippen molar-refractivity contribution >= 4 is 29.3 Å². The molecule has 1 aliphatic rings. The molecule has 0 radical (unpaired) electrons. The first kappa shape index (κ1) is 25.4. The third-order valence-corrected chi connectivity index (χ3v) is 7.27. The van der Waals surface area contributed by atoms with E-state index < -0.39 is 12.0 Å². The number of benzene rings is 3. The molecule has 0 unspecified atom stereocenters. The summed E-state index contributed by atoms with van der Waals surface area (Å²) in [5, 5.41) is 3.06. The van der Waals surface area contributed by atoms with E-state index in [1.807, 2.05) is 55.6 Å². The van der Waals surface area contributed by atoms with Crippen LogP contribution < -0.4 is 19.5 Å². The summed E-state index contributed by atoms with van der Waals surface area (Å²) in [4.78, 5) is 30.3. The number of thioether (sulfide) groups is 1. The molecule has 0 spiro atoms. The Balaban J connectivity index is 1.89. The first-order chi connectivity index (χ1) is 17.3. The maximum Gasteiger partial charge on any atom is 0.254 e. The van der Waals surface area contributed by atoms with Crippen LogP contribution in [0.4, 0.5) is 5.69 Å². The molecule has 3 aromatic rings. The predicted octanol–water partition coefficient (Wildman–Crippen LogP) is 5.29. The van der Waals surface area contributed by atoms with Crippen molar-refractivity contribution in [2.45, 2.75) is 23.8 Å². The van der Waals surface area contributed by atoms with Gasteiger partial charge in [-0.15, -0.1) is 11.8 Å². The Bertz CT molecular complexity index is 1290. The summed E-state index contributed by atoms with van der Waals surface area (Å²) in [5.41, 5.74) is 3.40. The second kappa shape index (κ2) is 10.5. The highest BCUT2D eigenvalue weighted by Gasteiger charge is 2.43. The van der Waals surface area contributed by atoms with E-state index in [1.165, 1.54) is 14.2 Å². The van der Waals surface area contributed by atoms with Crippen LogP contribution in [0.5, 0.6) is 17.2 Å². The average Bonchev–Trinajstić information content (AvgIpc) is 2.90. The zero-order valence-corrected chi connectivity index (χ0v) is 22.1. The Morgan fingerprint density at radius 2 is 1.56 bits per heavy atom. The summed E-state index contributed by atoms with van der Waals surface area (Å²) in [6.45, 7) is 1.95. The maximum absolute atomic E-state index is 14.0. The van der Waals surface area contributed by atoms with Crippen molar-refractivity contribution in [1.29, 1.82) is 0 Å². The number of aryl methyl sites for hydroxylation is 1. The van der Waals surface area contributed by atoms with Crippen LogP contribution in [-0.4, -0.2) is 51.3 Å². The Kier molecular flexibility index (Phi) is 7.45. The van der Waals surface area contributed by atoms with E-state index in [-0.39, 0.29) is 11.8 Å². The van der Waals surface area contributed by atoms with Crippen LogP contribution in [0.3, 0.4) is 0 Å². The molecule has 0 aliphatic carbocycles. The second-order valence-corrected chi connectivity index (χ2v) is 9.48. The number of nitrogens with zero attached hydrogens (tertiary/aromatic N) is 1. The smallest absolute Gasteiger partial charge is 0.254 e. The van der Waals surface area contributed by atoms with E-state index in [2.05, 4.69) is 5.32 Å². The van der Waals surface area contributed by atoms with Crippen molar-refractivity contribution in [3.63, 3.8) is 0 Å². The van der Waals surface area contributed by atoms with Gasteiger partial charge in [0, 0.05) is 17.5 Å². The molecule has 1 N–H and O–H groups in total. The van der Waals surface area contributed by atoms with Gasteiger partial charge in [0.25, 0.3) is 5.91 Å². The maximum atomic E-state index is 14.0. The molecule has 0 bridgehead atoms. The fourth-order valence-corrected chi connectivity index (χ4v) is 5.09. The predicted molar refractivity (Wildman–Crippen MR) is 142 cm³/mol. The average molecular weight is 507 g/mol. The van der Waals surface area contributed by atoms with E-state index in [0.717, 1.165) is 16.0 Å². The molecule has 0 aromatic heterocycles. The number of carbonyl (C=O) groups is 2. The molecule has 0 saturated carbocycles. The number of methoxy groups -OCH3 is 3. The number of amides is 2. The number of ether oxygens (including phenoxy) is 3. The minimum Gasteiger partial charge on any atom is -0.495 e. The van der Waals surface area contributed by atoms with E-state index in [4.69, 9.17) is 14.2 Å². The quantitative estimate of drug-likeness (QED) is 0.439. The number of anilines is 1. The van der Waals surface area contributed by atoms with Crippen molar-refractivity contribution in [2.24, 2.45) is 0 Å². The highest BCUT2D eigenvalue weighted by atomic mass is 32.2. The summed E-state index contributed by atoms with van der Waals surface area (Å²) in [5.74, 6) is 0.277. The van der Waals surface area contributed by atoms with Gasteiger partial charge in [-0.3, -0.25) is 9.59 Å². The lowest BCUT2D eigenvalue weighted by atomic mass is 9.79. The van der Waals surface area contributed by atoms with E-state index in [9.17, 15) is 9.59 Å². The molecule has 7 nitrogen and oxygen atoms in total. The molecule has 1 aliphatic heterocycles. The normalized spacial score (nSPS) is 16.8. The minimum absolute atomic E-state index is 0.193. The molecule has 188 valence electrons. The molecular formula is C28H30N2O5S. The van der Waals surface area contributed by atoms with Crippen molar-refractivity contribution in [1.82, 2.24) is 4.90 Å². The molecule has 36 heavy (non-hydrogen) atoms. The fraction of sp³-hybridized carbons (Fsp3) is 0.286. The molecular weight excluding hydrogens is 476 g/mol. The van der Waals surface area contributed by atoms with Gasteiger partial charge >= 0.3 is 0 Å². The highest BCUT2D eigenvalue weighted by Crippen LogP contribution is 2.46. The van der Waals surface area contributed by atoms with Crippen LogP contribution in [0.1, 0.15) is 39.0 Å². The van der Waals surface area contributed by atoms with Gasteiger partial charge in [0.2, 0.25) is 5.91 Å². The van der Waals surface area contributed by atoms with Crippen LogP contribution in [0.25, 0.3) is 0 Å². The molecule has 2 atom stereocenters. The Hall–Kier alpha value is -3.65. The molecule has 4 rings (SSSR count). The van der Waals surface area contributed by atoms with Crippen LogP contribution in [-0.2, 0) is 4.79 Å². The van der Waals surface area contributed by atoms with Crippen LogP contribution in [0.15, 0.2) is 59.5 Å². The van der Waals surface area contributed by atoms with Crippen LogP contribution >= 0.6 is 11.8 Å². The van der Waals surface area contributed by atoms with Crippen molar-refractivity contribution in [3.8, 4) is 17.2 Å². The van der Waals surface area contributed by atoms with Crippen LogP contribution in [0, 0.1) is 6.92 Å². The highest BCUT2D eigenvalue weighted by molar-refractivity contribution is 7.98. The number of hydrogen-bond donors (Lipinski definition) is 1. The lowest BCUT2D eigenvalue weighted by molar-refractivity contribution is -0.119. The van der Waals surface area contributed by atoms with Crippen molar-refractivity contribution < 1.29 is 23.8 Å². The Labute approximate surface area is 215 Å². The summed E-state index contributed by atoms with van der Waals surface area (Å²) < 4.78 is 16.5. The number of likely N-dealkylation sites (N-methyl/N-ethyl adjacent to an activating group) is 1. The topological polar surface area (TPSA) is 77.1 Å². The summed E-state index contributed by atoms with van der Waals surface area (Å²) in [7, 11) is 6.34. The number of fused-ring (bicyclic) bond motifs is 1. The van der Waals surface area contributed by atoms with Gasteiger partial charge in [0.15, 0.2) is 11.5 Å². The standard InChI is InChI=1S/C28H30N2O5S/c1-16-7-12-22(33-3)21(13-16)29-27(31)25-19-14-23(34-4)24(35-5)15-20(19)28(32)30(2)26(25)17-8-10-18(36-6)11-9-17/h7-15,25-26H,1-6H3,(H,29,31)/t25-,26-/m1/s1. The van der Waals surface area contributed by atoms with Gasteiger partial charge in [-0.2, -0.15) is 0 Å². The monoisotopic (exact) mass is 506 g/mol. The molecule has 0 saturated heterocycles. The Morgan fingerprint density at radius 1 is 0.917 bits per heavy atom. The summed E-state index contributed by atoms with van der Waals surface area (Å²) >= 11 is 1.63. The molecule has 1 heterocycles. The van der Waals surface area contributed by atoms with Crippen molar-refractivity contribution in [3.05, 3.63) is 76.9 Å². The summed E-state index contributed by atoms with van der Waals surface area (Å²) in [6.07, 6.45) is 2.01. The Morgan fingerprint density at radius 3 is 2.17 bits per heavy atom.